The Morgan fingerprint density at radius 3 is 2.07 bits per heavy atom. The van der Waals surface area contributed by atoms with E-state index in [9.17, 15) is 4.57 Å². The lowest BCUT2D eigenvalue weighted by Crippen LogP contribution is -2.16. The van der Waals surface area contributed by atoms with Gasteiger partial charge in [-0.2, -0.15) is 0 Å². The molecule has 1 aliphatic carbocycles. The van der Waals surface area contributed by atoms with E-state index in [0.29, 0.717) is 5.66 Å². The zero-order chi connectivity index (χ0) is 9.86. The Hall–Kier alpha value is -0.0300. The fourth-order valence-corrected chi connectivity index (χ4v) is 6.28. The van der Waals surface area contributed by atoms with Crippen molar-refractivity contribution >= 4 is 7.14 Å². The fourth-order valence-electron chi connectivity index (χ4n) is 2.85. The van der Waals surface area contributed by atoms with Crippen molar-refractivity contribution < 1.29 is 4.57 Å². The van der Waals surface area contributed by atoms with E-state index < -0.39 is 7.14 Å². The second kappa shape index (κ2) is 4.66. The second-order valence-corrected chi connectivity index (χ2v) is 8.27. The van der Waals surface area contributed by atoms with Crippen molar-refractivity contribution in [3.8, 4) is 0 Å². The Balaban J connectivity index is 2.02. The molecule has 14 heavy (non-hydrogen) atoms. The Morgan fingerprint density at radius 1 is 0.929 bits per heavy atom. The predicted octanol–water partition coefficient (Wildman–Crippen LogP) is 4.03. The van der Waals surface area contributed by atoms with Crippen molar-refractivity contribution in [3.63, 3.8) is 0 Å². The molecule has 1 aliphatic heterocycles. The Morgan fingerprint density at radius 2 is 1.50 bits per heavy atom. The summed E-state index contributed by atoms with van der Waals surface area (Å²) < 4.78 is 12.8. The maximum Gasteiger partial charge on any atom is 0.0912 e. The van der Waals surface area contributed by atoms with Gasteiger partial charge >= 0.3 is 0 Å². The van der Waals surface area contributed by atoms with Gasteiger partial charge in [-0.25, -0.2) is 0 Å². The first-order valence-corrected chi connectivity index (χ1v) is 8.19. The summed E-state index contributed by atoms with van der Waals surface area (Å²) in [5, 5.41) is 0. The molecular formula is C12H21OP. The molecule has 80 valence electrons. The summed E-state index contributed by atoms with van der Waals surface area (Å²) in [7, 11) is -1.79. The molecule has 2 rings (SSSR count). The molecule has 0 bridgehead atoms. The van der Waals surface area contributed by atoms with Gasteiger partial charge in [0.05, 0.1) is 7.14 Å². The maximum atomic E-state index is 12.8. The lowest BCUT2D eigenvalue weighted by Gasteiger charge is -2.30. The highest BCUT2D eigenvalue weighted by Crippen LogP contribution is 2.57. The van der Waals surface area contributed by atoms with Crippen molar-refractivity contribution in [1.29, 1.82) is 0 Å². The highest BCUT2D eigenvalue weighted by atomic mass is 31.2. The molecule has 1 fully saturated rings. The van der Waals surface area contributed by atoms with Gasteiger partial charge in [-0.1, -0.05) is 31.4 Å². The summed E-state index contributed by atoms with van der Waals surface area (Å²) in [6.07, 6.45) is 15.1. The maximum absolute atomic E-state index is 12.8. The van der Waals surface area contributed by atoms with Crippen LogP contribution in [0.1, 0.15) is 44.9 Å². The van der Waals surface area contributed by atoms with E-state index in [1.807, 2.05) is 0 Å². The van der Waals surface area contributed by atoms with Gasteiger partial charge in [-0.05, 0) is 25.7 Å². The molecule has 1 saturated carbocycles. The third kappa shape index (κ3) is 2.31. The van der Waals surface area contributed by atoms with Gasteiger partial charge in [0.1, 0.15) is 0 Å². The molecule has 0 radical (unpaired) electrons. The molecule has 1 heterocycles. The first-order chi connectivity index (χ1) is 6.81. The second-order valence-electron chi connectivity index (χ2n) is 4.74. The zero-order valence-electron chi connectivity index (χ0n) is 8.95. The summed E-state index contributed by atoms with van der Waals surface area (Å²) in [5.41, 5.74) is 0.594. The predicted molar refractivity (Wildman–Crippen MR) is 62.6 cm³/mol. The lowest BCUT2D eigenvalue weighted by atomic mass is 10.0. The first kappa shape index (κ1) is 10.5. The lowest BCUT2D eigenvalue weighted by molar-refractivity contribution is 0.482. The number of hydrogen-bond acceptors (Lipinski definition) is 1. The fraction of sp³-hybridized carbons (Fsp3) is 0.833. The van der Waals surface area contributed by atoms with E-state index >= 15 is 0 Å². The molecule has 0 amide bonds. The molecular weight excluding hydrogens is 191 g/mol. The van der Waals surface area contributed by atoms with Crippen molar-refractivity contribution in [2.24, 2.45) is 0 Å². The van der Waals surface area contributed by atoms with E-state index in [4.69, 9.17) is 0 Å². The van der Waals surface area contributed by atoms with Gasteiger partial charge < -0.3 is 4.57 Å². The summed E-state index contributed by atoms with van der Waals surface area (Å²) in [4.78, 5) is 0. The van der Waals surface area contributed by atoms with Crippen LogP contribution in [-0.4, -0.2) is 18.0 Å². The van der Waals surface area contributed by atoms with Crippen LogP contribution in [0.2, 0.25) is 0 Å². The largest absolute Gasteiger partial charge is 0.323 e. The Kier molecular flexibility index (Phi) is 3.49. The number of hydrogen-bond donors (Lipinski definition) is 0. The van der Waals surface area contributed by atoms with E-state index in [1.54, 1.807) is 0 Å². The molecule has 1 nitrogen and oxygen atoms in total. The summed E-state index contributed by atoms with van der Waals surface area (Å²) in [5.74, 6) is 0. The average Bonchev–Trinajstić information content (AvgIpc) is 2.46. The molecule has 0 saturated heterocycles. The van der Waals surface area contributed by atoms with E-state index in [2.05, 4.69) is 12.2 Å². The average molecular weight is 212 g/mol. The summed E-state index contributed by atoms with van der Waals surface area (Å²) in [6.45, 7) is 0. The van der Waals surface area contributed by atoms with Crippen LogP contribution >= 0.6 is 7.14 Å². The van der Waals surface area contributed by atoms with E-state index in [1.165, 1.54) is 32.1 Å². The van der Waals surface area contributed by atoms with Crippen molar-refractivity contribution in [1.82, 2.24) is 0 Å². The number of rotatable bonds is 1. The quantitative estimate of drug-likeness (QED) is 0.473. The monoisotopic (exact) mass is 212 g/mol. The molecule has 0 aromatic rings. The van der Waals surface area contributed by atoms with E-state index in [-0.39, 0.29) is 0 Å². The molecule has 0 aromatic carbocycles. The van der Waals surface area contributed by atoms with Crippen LogP contribution in [0.25, 0.3) is 0 Å². The SMILES string of the molecule is O=P1(C2CCCCC2)CCC=CCC1. The Labute approximate surface area is 87.3 Å². The van der Waals surface area contributed by atoms with Crippen LogP contribution < -0.4 is 0 Å². The molecule has 0 atom stereocenters. The summed E-state index contributed by atoms with van der Waals surface area (Å²) >= 11 is 0. The highest BCUT2D eigenvalue weighted by molar-refractivity contribution is 7.64. The van der Waals surface area contributed by atoms with Gasteiger partial charge in [0.25, 0.3) is 0 Å². The normalized spacial score (nSPS) is 28.6. The standard InChI is InChI=1S/C12H21OP/c13-14(10-6-1-2-7-11-14)12-8-4-3-5-9-12/h1-2,12H,3-11H2. The van der Waals surface area contributed by atoms with Crippen LogP contribution in [0.3, 0.4) is 0 Å². The van der Waals surface area contributed by atoms with Gasteiger partial charge in [0, 0.05) is 18.0 Å². The van der Waals surface area contributed by atoms with Crippen molar-refractivity contribution in [2.45, 2.75) is 50.6 Å². The number of allylic oxidation sites excluding steroid dienone is 2. The van der Waals surface area contributed by atoms with Crippen LogP contribution in [0.5, 0.6) is 0 Å². The first-order valence-electron chi connectivity index (χ1n) is 6.04. The van der Waals surface area contributed by atoms with Gasteiger partial charge in [0.15, 0.2) is 0 Å². The van der Waals surface area contributed by atoms with Crippen molar-refractivity contribution in [3.05, 3.63) is 12.2 Å². The van der Waals surface area contributed by atoms with Crippen molar-refractivity contribution in [2.75, 3.05) is 12.3 Å². The van der Waals surface area contributed by atoms with Gasteiger partial charge in [0.2, 0.25) is 0 Å². The Bertz CT molecular complexity index is 237. The van der Waals surface area contributed by atoms with E-state index in [0.717, 1.165) is 25.2 Å². The molecule has 2 aliphatic rings. The third-order valence-electron chi connectivity index (χ3n) is 3.76. The van der Waals surface area contributed by atoms with Gasteiger partial charge in [-0.3, -0.25) is 0 Å². The molecule has 0 N–H and O–H groups in total. The minimum Gasteiger partial charge on any atom is -0.323 e. The third-order valence-corrected chi connectivity index (χ3v) is 7.63. The minimum atomic E-state index is -1.79. The van der Waals surface area contributed by atoms with Crippen LogP contribution in [0.15, 0.2) is 12.2 Å². The van der Waals surface area contributed by atoms with Crippen LogP contribution in [-0.2, 0) is 4.57 Å². The minimum absolute atomic E-state index is 0.594. The molecule has 2 heteroatoms. The molecule has 0 unspecified atom stereocenters. The zero-order valence-corrected chi connectivity index (χ0v) is 9.85. The summed E-state index contributed by atoms with van der Waals surface area (Å²) in [6, 6.07) is 0. The topological polar surface area (TPSA) is 17.1 Å². The van der Waals surface area contributed by atoms with Gasteiger partial charge in [-0.15, -0.1) is 0 Å². The molecule has 0 spiro atoms. The van der Waals surface area contributed by atoms with Crippen LogP contribution in [0, 0.1) is 0 Å². The smallest absolute Gasteiger partial charge is 0.0912 e. The molecule has 0 aromatic heterocycles. The van der Waals surface area contributed by atoms with Crippen LogP contribution in [0.4, 0.5) is 0 Å². The highest BCUT2D eigenvalue weighted by Gasteiger charge is 2.32.